The lowest BCUT2D eigenvalue weighted by atomic mass is 9.93. The smallest absolute Gasteiger partial charge is 0.191 e. The highest BCUT2D eigenvalue weighted by Crippen LogP contribution is 2.19. The summed E-state index contributed by atoms with van der Waals surface area (Å²) in [6.07, 6.45) is 3.52. The molecule has 1 aliphatic carbocycles. The zero-order valence-corrected chi connectivity index (χ0v) is 14.2. The number of nitrogens with one attached hydrogen (secondary N) is 2. The molecule has 128 valence electrons. The van der Waals surface area contributed by atoms with Crippen molar-refractivity contribution in [3.05, 3.63) is 35.9 Å². The standard InChI is InChI=1S/C18H29N3O2/c1-3-19-18(21-15-9-11-16(22)12-10-15)20-13-17(23-2)14-7-5-4-6-8-14/h4-8,15-17,22H,3,9-13H2,1-2H3,(H2,19,20,21). The summed E-state index contributed by atoms with van der Waals surface area (Å²) in [5.41, 5.74) is 1.13. The maximum Gasteiger partial charge on any atom is 0.191 e. The van der Waals surface area contributed by atoms with Crippen LogP contribution in [0.15, 0.2) is 35.3 Å². The first kappa shape index (κ1) is 17.8. The number of methoxy groups -OCH3 is 1. The van der Waals surface area contributed by atoms with Crippen LogP contribution < -0.4 is 10.6 Å². The summed E-state index contributed by atoms with van der Waals surface area (Å²) in [5.74, 6) is 0.826. The number of aliphatic hydroxyl groups is 1. The van der Waals surface area contributed by atoms with Gasteiger partial charge in [0.25, 0.3) is 0 Å². The first-order chi connectivity index (χ1) is 11.2. The number of ether oxygens (including phenoxy) is 1. The first-order valence-corrected chi connectivity index (χ1v) is 8.53. The van der Waals surface area contributed by atoms with Crippen LogP contribution in [0.5, 0.6) is 0 Å². The fourth-order valence-electron chi connectivity index (χ4n) is 2.89. The third-order valence-corrected chi connectivity index (χ3v) is 4.25. The summed E-state index contributed by atoms with van der Waals surface area (Å²) in [6.45, 7) is 3.46. The highest BCUT2D eigenvalue weighted by Gasteiger charge is 2.20. The number of guanidine groups is 1. The van der Waals surface area contributed by atoms with E-state index in [1.54, 1.807) is 7.11 Å². The van der Waals surface area contributed by atoms with Gasteiger partial charge in [0.2, 0.25) is 0 Å². The van der Waals surface area contributed by atoms with Crippen LogP contribution in [0.3, 0.4) is 0 Å². The lowest BCUT2D eigenvalue weighted by Crippen LogP contribution is -2.45. The Balaban J connectivity index is 1.94. The SMILES string of the molecule is CCNC(=NCC(OC)c1ccccc1)NC1CCC(O)CC1. The first-order valence-electron chi connectivity index (χ1n) is 8.53. The van der Waals surface area contributed by atoms with Gasteiger partial charge in [-0.15, -0.1) is 0 Å². The van der Waals surface area contributed by atoms with Crippen molar-refractivity contribution in [2.45, 2.75) is 50.9 Å². The van der Waals surface area contributed by atoms with Gasteiger partial charge in [0.1, 0.15) is 6.10 Å². The highest BCUT2D eigenvalue weighted by molar-refractivity contribution is 5.80. The largest absolute Gasteiger partial charge is 0.393 e. The lowest BCUT2D eigenvalue weighted by molar-refractivity contribution is 0.110. The highest BCUT2D eigenvalue weighted by atomic mass is 16.5. The molecule has 1 saturated carbocycles. The van der Waals surface area contributed by atoms with Crippen LogP contribution in [-0.2, 0) is 4.74 Å². The average Bonchev–Trinajstić information content (AvgIpc) is 2.58. The van der Waals surface area contributed by atoms with E-state index in [9.17, 15) is 5.11 Å². The molecule has 0 radical (unpaired) electrons. The molecule has 3 N–H and O–H groups in total. The number of aliphatic hydroxyl groups excluding tert-OH is 1. The van der Waals surface area contributed by atoms with Crippen LogP contribution in [0.4, 0.5) is 0 Å². The van der Waals surface area contributed by atoms with E-state index in [0.29, 0.717) is 12.6 Å². The summed E-state index contributed by atoms with van der Waals surface area (Å²) >= 11 is 0. The van der Waals surface area contributed by atoms with Gasteiger partial charge in [-0.05, 0) is 38.2 Å². The second-order valence-corrected chi connectivity index (χ2v) is 6.00. The second kappa shape index (κ2) is 9.53. The zero-order valence-electron chi connectivity index (χ0n) is 14.2. The van der Waals surface area contributed by atoms with Crippen LogP contribution in [0.2, 0.25) is 0 Å². The molecule has 1 aliphatic rings. The Kier molecular flexibility index (Phi) is 7.36. The van der Waals surface area contributed by atoms with Crippen molar-refractivity contribution < 1.29 is 9.84 Å². The Morgan fingerprint density at radius 3 is 2.57 bits per heavy atom. The van der Waals surface area contributed by atoms with E-state index in [2.05, 4.69) is 34.7 Å². The summed E-state index contributed by atoms with van der Waals surface area (Å²) in [5, 5.41) is 16.4. The number of nitrogens with zero attached hydrogens (tertiary/aromatic N) is 1. The van der Waals surface area contributed by atoms with Crippen LogP contribution in [0.1, 0.15) is 44.3 Å². The van der Waals surface area contributed by atoms with E-state index in [1.807, 2.05) is 18.2 Å². The number of hydrogen-bond acceptors (Lipinski definition) is 3. The number of hydrogen-bond donors (Lipinski definition) is 3. The van der Waals surface area contributed by atoms with Crippen molar-refractivity contribution >= 4 is 5.96 Å². The quantitative estimate of drug-likeness (QED) is 0.556. The van der Waals surface area contributed by atoms with Gasteiger partial charge >= 0.3 is 0 Å². The molecule has 1 aromatic carbocycles. The maximum absolute atomic E-state index is 9.61. The van der Waals surface area contributed by atoms with Crippen LogP contribution in [-0.4, -0.2) is 43.4 Å². The van der Waals surface area contributed by atoms with Gasteiger partial charge in [0, 0.05) is 19.7 Å². The molecule has 0 aromatic heterocycles. The Hall–Kier alpha value is -1.59. The third-order valence-electron chi connectivity index (χ3n) is 4.25. The molecule has 1 atom stereocenters. The summed E-state index contributed by atoms with van der Waals surface area (Å²) in [7, 11) is 1.72. The van der Waals surface area contributed by atoms with Crippen molar-refractivity contribution in [1.82, 2.24) is 10.6 Å². The number of aliphatic imine (C=N–C) groups is 1. The average molecular weight is 319 g/mol. The molecule has 0 heterocycles. The van der Waals surface area contributed by atoms with Crippen LogP contribution >= 0.6 is 0 Å². The molecular weight excluding hydrogens is 290 g/mol. The molecule has 1 fully saturated rings. The molecule has 0 saturated heterocycles. The minimum atomic E-state index is -0.136. The van der Waals surface area contributed by atoms with Gasteiger partial charge in [-0.1, -0.05) is 30.3 Å². The summed E-state index contributed by atoms with van der Waals surface area (Å²) in [4.78, 5) is 4.68. The van der Waals surface area contributed by atoms with Crippen molar-refractivity contribution in [2.75, 3.05) is 20.2 Å². The van der Waals surface area contributed by atoms with Gasteiger partial charge in [-0.2, -0.15) is 0 Å². The Morgan fingerprint density at radius 1 is 1.26 bits per heavy atom. The molecule has 0 amide bonds. The minimum absolute atomic E-state index is 0.0418. The molecule has 5 nitrogen and oxygen atoms in total. The fourth-order valence-corrected chi connectivity index (χ4v) is 2.89. The van der Waals surface area contributed by atoms with E-state index in [-0.39, 0.29) is 12.2 Å². The normalized spacial score (nSPS) is 23.3. The van der Waals surface area contributed by atoms with Crippen LogP contribution in [0, 0.1) is 0 Å². The Labute approximate surface area is 139 Å². The zero-order chi connectivity index (χ0) is 16.5. The van der Waals surface area contributed by atoms with E-state index >= 15 is 0 Å². The van der Waals surface area contributed by atoms with Crippen molar-refractivity contribution in [1.29, 1.82) is 0 Å². The van der Waals surface area contributed by atoms with E-state index in [0.717, 1.165) is 43.8 Å². The van der Waals surface area contributed by atoms with Crippen molar-refractivity contribution in [2.24, 2.45) is 4.99 Å². The molecular formula is C18H29N3O2. The monoisotopic (exact) mass is 319 g/mol. The summed E-state index contributed by atoms with van der Waals surface area (Å²) < 4.78 is 5.57. The van der Waals surface area contributed by atoms with E-state index in [4.69, 9.17) is 4.74 Å². The lowest BCUT2D eigenvalue weighted by Gasteiger charge is -2.27. The van der Waals surface area contributed by atoms with Gasteiger partial charge in [-0.25, -0.2) is 0 Å². The minimum Gasteiger partial charge on any atom is -0.393 e. The third kappa shape index (κ3) is 5.84. The maximum atomic E-state index is 9.61. The topological polar surface area (TPSA) is 65.9 Å². The molecule has 23 heavy (non-hydrogen) atoms. The van der Waals surface area contributed by atoms with E-state index in [1.165, 1.54) is 0 Å². The van der Waals surface area contributed by atoms with Gasteiger partial charge in [0.05, 0.1) is 12.6 Å². The predicted molar refractivity (Wildman–Crippen MR) is 93.6 cm³/mol. The van der Waals surface area contributed by atoms with Gasteiger partial charge in [-0.3, -0.25) is 4.99 Å². The molecule has 0 bridgehead atoms. The second-order valence-electron chi connectivity index (χ2n) is 6.00. The van der Waals surface area contributed by atoms with E-state index < -0.39 is 0 Å². The molecule has 1 unspecified atom stereocenters. The molecule has 5 heteroatoms. The number of benzene rings is 1. The molecule has 1 aromatic rings. The van der Waals surface area contributed by atoms with Crippen LogP contribution in [0.25, 0.3) is 0 Å². The predicted octanol–water partition coefficient (Wildman–Crippen LogP) is 2.23. The van der Waals surface area contributed by atoms with Gasteiger partial charge < -0.3 is 20.5 Å². The fraction of sp³-hybridized carbons (Fsp3) is 0.611. The van der Waals surface area contributed by atoms with Crippen molar-refractivity contribution in [3.8, 4) is 0 Å². The van der Waals surface area contributed by atoms with Crippen molar-refractivity contribution in [3.63, 3.8) is 0 Å². The Bertz CT molecular complexity index is 470. The Morgan fingerprint density at radius 2 is 1.96 bits per heavy atom. The number of rotatable bonds is 6. The summed E-state index contributed by atoms with van der Waals surface area (Å²) in [6, 6.07) is 10.5. The molecule has 0 aliphatic heterocycles. The van der Waals surface area contributed by atoms with Gasteiger partial charge in [0.15, 0.2) is 5.96 Å². The molecule has 2 rings (SSSR count). The molecule has 0 spiro atoms.